The maximum Gasteiger partial charge on any atom is 0.242 e. The van der Waals surface area contributed by atoms with Crippen LogP contribution in [-0.2, 0) is 10.0 Å². The Labute approximate surface area is 149 Å². The quantitative estimate of drug-likeness (QED) is 0.820. The van der Waals surface area contributed by atoms with E-state index < -0.39 is 14.8 Å². The summed E-state index contributed by atoms with van der Waals surface area (Å²) in [6.45, 7) is 5.81. The van der Waals surface area contributed by atoms with Gasteiger partial charge in [0.05, 0.1) is 33.5 Å². The van der Waals surface area contributed by atoms with E-state index in [0.29, 0.717) is 30.3 Å². The fraction of sp³-hybridized carbons (Fsp3) is 0.400. The van der Waals surface area contributed by atoms with E-state index >= 15 is 0 Å². The van der Waals surface area contributed by atoms with Crippen LogP contribution in [-0.4, -0.2) is 46.5 Å². The minimum absolute atomic E-state index is 0.328. The van der Waals surface area contributed by atoms with E-state index in [1.807, 2.05) is 12.1 Å². The van der Waals surface area contributed by atoms with Gasteiger partial charge < -0.3 is 5.32 Å². The van der Waals surface area contributed by atoms with Crippen molar-refractivity contribution in [2.24, 2.45) is 4.99 Å². The number of hydrogen-bond donors (Lipinski definition) is 1. The number of anilines is 1. The third-order valence-electron chi connectivity index (χ3n) is 3.69. The molecule has 0 saturated heterocycles. The molecule has 0 amide bonds. The van der Waals surface area contributed by atoms with E-state index in [9.17, 15) is 8.42 Å². The van der Waals surface area contributed by atoms with E-state index in [4.69, 9.17) is 0 Å². The van der Waals surface area contributed by atoms with Crippen LogP contribution in [0.2, 0.25) is 0 Å². The second-order valence-corrected chi connectivity index (χ2v) is 9.78. The van der Waals surface area contributed by atoms with Crippen molar-refractivity contribution < 1.29 is 8.42 Å². The Bertz CT molecular complexity index is 921. The number of aromatic nitrogens is 2. The molecule has 2 heterocycles. The lowest BCUT2D eigenvalue weighted by Crippen LogP contribution is -2.46. The Morgan fingerprint density at radius 1 is 1.21 bits per heavy atom. The zero-order chi connectivity index (χ0) is 17.5. The molecule has 0 bridgehead atoms. The van der Waals surface area contributed by atoms with Crippen molar-refractivity contribution >= 4 is 48.6 Å². The molecular formula is C15H18BrN5O2S. The highest BCUT2D eigenvalue weighted by atomic mass is 79.9. The van der Waals surface area contributed by atoms with Gasteiger partial charge in [-0.05, 0) is 48.8 Å². The molecule has 0 spiro atoms. The van der Waals surface area contributed by atoms with E-state index in [1.165, 1.54) is 4.31 Å². The number of rotatable bonds is 2. The van der Waals surface area contributed by atoms with Gasteiger partial charge in [0.15, 0.2) is 0 Å². The number of hydrogen-bond acceptors (Lipinski definition) is 6. The van der Waals surface area contributed by atoms with Crippen LogP contribution < -0.4 is 5.32 Å². The summed E-state index contributed by atoms with van der Waals surface area (Å²) < 4.78 is 26.6. The van der Waals surface area contributed by atoms with Gasteiger partial charge in [0.1, 0.15) is 5.52 Å². The molecule has 0 unspecified atom stereocenters. The second kappa shape index (κ2) is 5.96. The van der Waals surface area contributed by atoms with E-state index in [1.54, 1.807) is 33.2 Å². The van der Waals surface area contributed by atoms with Gasteiger partial charge in [0, 0.05) is 12.4 Å². The Balaban J connectivity index is 1.95. The van der Waals surface area contributed by atoms with Crippen molar-refractivity contribution in [3.63, 3.8) is 0 Å². The van der Waals surface area contributed by atoms with Gasteiger partial charge in [0.25, 0.3) is 0 Å². The summed E-state index contributed by atoms with van der Waals surface area (Å²) in [4.78, 5) is 12.9. The first-order valence-electron chi connectivity index (χ1n) is 7.45. The highest BCUT2D eigenvalue weighted by molar-refractivity contribution is 9.10. The minimum atomic E-state index is -3.50. The number of fused-ring (bicyclic) bond motifs is 1. The molecule has 0 radical (unpaired) electrons. The van der Waals surface area contributed by atoms with E-state index in [-0.39, 0.29) is 0 Å². The van der Waals surface area contributed by atoms with Crippen LogP contribution in [0.5, 0.6) is 0 Å². The number of halogens is 1. The maximum atomic E-state index is 12.7. The summed E-state index contributed by atoms with van der Waals surface area (Å²) in [5.74, 6) is 0.328. The molecule has 2 aromatic rings. The molecule has 0 fully saturated rings. The minimum Gasteiger partial charge on any atom is -0.324 e. The predicted octanol–water partition coefficient (Wildman–Crippen LogP) is 2.60. The predicted molar refractivity (Wildman–Crippen MR) is 98.5 cm³/mol. The Morgan fingerprint density at radius 3 is 2.62 bits per heavy atom. The summed E-state index contributed by atoms with van der Waals surface area (Å²) in [6, 6.07) is 3.65. The average molecular weight is 412 g/mol. The number of nitrogens with one attached hydrogen (secondary N) is 1. The Kier molecular flexibility index (Phi) is 4.25. The van der Waals surface area contributed by atoms with Crippen LogP contribution in [0.4, 0.5) is 5.69 Å². The molecular weight excluding hydrogens is 394 g/mol. The first-order valence-corrected chi connectivity index (χ1v) is 9.68. The topological polar surface area (TPSA) is 87.5 Å². The summed E-state index contributed by atoms with van der Waals surface area (Å²) in [5.41, 5.74) is 2.14. The number of benzene rings is 1. The van der Waals surface area contributed by atoms with Crippen LogP contribution in [0.15, 0.2) is 34.0 Å². The molecule has 0 atom stereocenters. The molecule has 7 nitrogen and oxygen atoms in total. The lowest BCUT2D eigenvalue weighted by atomic mass is 10.2. The number of sulfonamides is 1. The zero-order valence-corrected chi connectivity index (χ0v) is 16.0. The summed E-state index contributed by atoms with van der Waals surface area (Å²) >= 11 is 3.51. The third kappa shape index (κ3) is 2.86. The first kappa shape index (κ1) is 17.1. The average Bonchev–Trinajstić information content (AvgIpc) is 2.98. The largest absolute Gasteiger partial charge is 0.324 e. The summed E-state index contributed by atoms with van der Waals surface area (Å²) in [6.07, 6.45) is 3.24. The molecule has 0 aliphatic carbocycles. The van der Waals surface area contributed by atoms with Crippen LogP contribution in [0.25, 0.3) is 11.0 Å². The van der Waals surface area contributed by atoms with E-state index in [0.717, 1.165) is 9.99 Å². The van der Waals surface area contributed by atoms with Gasteiger partial charge in [-0.25, -0.2) is 12.7 Å². The first-order chi connectivity index (χ1) is 11.2. The number of nitrogens with zero attached hydrogens (tertiary/aromatic N) is 4. The third-order valence-corrected chi connectivity index (χ3v) is 6.98. The molecule has 24 heavy (non-hydrogen) atoms. The van der Waals surface area contributed by atoms with Crippen LogP contribution >= 0.6 is 15.9 Å². The molecule has 0 saturated carbocycles. The summed E-state index contributed by atoms with van der Waals surface area (Å²) in [5, 5.41) is 3.11. The highest BCUT2D eigenvalue weighted by Crippen LogP contribution is 2.30. The van der Waals surface area contributed by atoms with Gasteiger partial charge in [-0.2, -0.15) is 0 Å². The number of aliphatic imine (C=N–C) groups is 1. The van der Waals surface area contributed by atoms with Crippen molar-refractivity contribution in [2.75, 3.05) is 18.4 Å². The van der Waals surface area contributed by atoms with Gasteiger partial charge >= 0.3 is 0 Å². The van der Waals surface area contributed by atoms with Crippen molar-refractivity contribution in [1.82, 2.24) is 14.3 Å². The van der Waals surface area contributed by atoms with Crippen molar-refractivity contribution in [3.8, 4) is 0 Å². The Morgan fingerprint density at radius 2 is 1.92 bits per heavy atom. The van der Waals surface area contributed by atoms with Crippen molar-refractivity contribution in [3.05, 3.63) is 29.0 Å². The fourth-order valence-corrected chi connectivity index (χ4v) is 4.17. The number of guanidine groups is 1. The van der Waals surface area contributed by atoms with Crippen LogP contribution in [0, 0.1) is 0 Å². The van der Waals surface area contributed by atoms with Crippen molar-refractivity contribution in [2.45, 2.75) is 25.5 Å². The normalized spacial score (nSPS) is 15.7. The maximum absolute atomic E-state index is 12.7. The lowest BCUT2D eigenvalue weighted by molar-refractivity contribution is 0.502. The van der Waals surface area contributed by atoms with Gasteiger partial charge in [-0.3, -0.25) is 15.0 Å². The van der Waals surface area contributed by atoms with Gasteiger partial charge in [0.2, 0.25) is 16.0 Å². The standard InChI is InChI=1S/C15H18BrN5O2S/c1-15(2,3)24(22,23)21-9-8-19-14(21)20-10-4-5-11-13(12(10)16)18-7-6-17-11/h4-7H,8-9H2,1-3H3,(H,19,20). The van der Waals surface area contributed by atoms with Gasteiger partial charge in [-0.1, -0.05) is 0 Å². The molecule has 1 aromatic heterocycles. The fourth-order valence-electron chi connectivity index (χ4n) is 2.32. The SMILES string of the molecule is CC(C)(C)S(=O)(=O)N1CCN=C1Nc1ccc2nccnc2c1Br. The van der Waals surface area contributed by atoms with Crippen LogP contribution in [0.3, 0.4) is 0 Å². The molecule has 1 aliphatic rings. The van der Waals surface area contributed by atoms with E-state index in [2.05, 4.69) is 36.2 Å². The monoisotopic (exact) mass is 411 g/mol. The molecule has 3 rings (SSSR count). The molecule has 1 N–H and O–H groups in total. The molecule has 9 heteroatoms. The molecule has 1 aromatic carbocycles. The second-order valence-electron chi connectivity index (χ2n) is 6.37. The van der Waals surface area contributed by atoms with Gasteiger partial charge in [-0.15, -0.1) is 0 Å². The smallest absolute Gasteiger partial charge is 0.242 e. The zero-order valence-electron chi connectivity index (χ0n) is 13.6. The molecule has 128 valence electrons. The Hall–Kier alpha value is -1.74. The highest BCUT2D eigenvalue weighted by Gasteiger charge is 2.39. The van der Waals surface area contributed by atoms with Crippen molar-refractivity contribution in [1.29, 1.82) is 0 Å². The summed E-state index contributed by atoms with van der Waals surface area (Å²) in [7, 11) is -3.50. The lowest BCUT2D eigenvalue weighted by Gasteiger charge is -2.29. The van der Waals surface area contributed by atoms with Crippen LogP contribution in [0.1, 0.15) is 20.8 Å². The molecule has 1 aliphatic heterocycles.